The molecule has 11 heteroatoms. The number of carbonyl (C=O) groups excluding carboxylic acids is 2. The first-order valence-corrected chi connectivity index (χ1v) is 6.53. The van der Waals surface area contributed by atoms with E-state index in [4.69, 9.17) is 0 Å². The molecule has 0 aliphatic heterocycles. The molecule has 0 saturated carbocycles. The molecule has 0 aromatic carbocycles. The first-order chi connectivity index (χ1) is 11.3. The van der Waals surface area contributed by atoms with E-state index in [1.165, 1.54) is 0 Å². The molecule has 0 fully saturated rings. The SMILES string of the molecule is CC(=O)/C(=C(\C)O)C(NC(=O)c1cccnc1)(C(F)(F)F)C(F)(F)F. The lowest BCUT2D eigenvalue weighted by Crippen LogP contribution is -2.69. The summed E-state index contributed by atoms with van der Waals surface area (Å²) in [5, 5.41) is 10.1. The molecule has 0 aliphatic rings. The zero-order valence-corrected chi connectivity index (χ0v) is 12.8. The third kappa shape index (κ3) is 3.74. The number of aromatic nitrogens is 1. The molecule has 0 spiro atoms. The van der Waals surface area contributed by atoms with Crippen LogP contribution in [-0.4, -0.2) is 39.7 Å². The molecule has 0 atom stereocenters. The maximum absolute atomic E-state index is 13.5. The van der Waals surface area contributed by atoms with E-state index in [0.717, 1.165) is 29.8 Å². The highest BCUT2D eigenvalue weighted by molar-refractivity contribution is 6.00. The van der Waals surface area contributed by atoms with Gasteiger partial charge < -0.3 is 10.4 Å². The summed E-state index contributed by atoms with van der Waals surface area (Å²) < 4.78 is 80.8. The second-order valence-corrected chi connectivity index (χ2v) is 4.96. The van der Waals surface area contributed by atoms with Crippen LogP contribution in [0.15, 0.2) is 35.9 Å². The smallest absolute Gasteiger partial charge is 0.425 e. The van der Waals surface area contributed by atoms with E-state index in [2.05, 4.69) is 4.98 Å². The zero-order chi connectivity index (χ0) is 19.6. The number of amides is 1. The van der Waals surface area contributed by atoms with Gasteiger partial charge in [0, 0.05) is 12.4 Å². The number of aliphatic hydroxyl groups excluding tert-OH is 1. The number of carbonyl (C=O) groups is 2. The first-order valence-electron chi connectivity index (χ1n) is 6.53. The minimum absolute atomic E-state index is 0.414. The van der Waals surface area contributed by atoms with Crippen molar-refractivity contribution in [2.75, 3.05) is 0 Å². The first kappa shape index (κ1) is 20.5. The molecule has 0 unspecified atom stereocenters. The summed E-state index contributed by atoms with van der Waals surface area (Å²) in [7, 11) is 0. The van der Waals surface area contributed by atoms with Gasteiger partial charge in [-0.25, -0.2) is 0 Å². The van der Waals surface area contributed by atoms with Gasteiger partial charge in [0.05, 0.1) is 16.9 Å². The lowest BCUT2D eigenvalue weighted by atomic mass is 9.84. The predicted molar refractivity (Wildman–Crippen MR) is 72.6 cm³/mol. The van der Waals surface area contributed by atoms with Crippen LogP contribution in [0.1, 0.15) is 24.2 Å². The summed E-state index contributed by atoms with van der Waals surface area (Å²) in [4.78, 5) is 26.8. The lowest BCUT2D eigenvalue weighted by Gasteiger charge is -2.39. The molecular weight excluding hydrogens is 358 g/mol. The van der Waals surface area contributed by atoms with Crippen molar-refractivity contribution in [2.24, 2.45) is 0 Å². The predicted octanol–water partition coefficient (Wildman–Crippen LogP) is 3.10. The van der Waals surface area contributed by atoms with Crippen molar-refractivity contribution in [1.29, 1.82) is 0 Å². The molecular formula is C14H12F6N2O3. The summed E-state index contributed by atoms with van der Waals surface area (Å²) in [6, 6.07) is 2.06. The van der Waals surface area contributed by atoms with Crippen LogP contribution < -0.4 is 5.32 Å². The van der Waals surface area contributed by atoms with Crippen molar-refractivity contribution < 1.29 is 41.0 Å². The molecule has 0 bridgehead atoms. The Labute approximate surface area is 137 Å². The van der Waals surface area contributed by atoms with Crippen molar-refractivity contribution in [1.82, 2.24) is 10.3 Å². The second kappa shape index (κ2) is 6.73. The number of hydrogen-bond acceptors (Lipinski definition) is 4. The van der Waals surface area contributed by atoms with Gasteiger partial charge >= 0.3 is 12.4 Å². The molecule has 1 amide bonds. The summed E-state index contributed by atoms with van der Waals surface area (Å²) in [6.45, 7) is 0.900. The summed E-state index contributed by atoms with van der Waals surface area (Å²) in [5.74, 6) is -5.00. The number of alkyl halides is 6. The zero-order valence-electron chi connectivity index (χ0n) is 12.8. The summed E-state index contributed by atoms with van der Waals surface area (Å²) in [5.41, 5.74) is -7.71. The van der Waals surface area contributed by atoms with Crippen LogP contribution in [0.3, 0.4) is 0 Å². The number of rotatable bonds is 4. The molecule has 2 N–H and O–H groups in total. The van der Waals surface area contributed by atoms with Crippen LogP contribution in [0.2, 0.25) is 0 Å². The van der Waals surface area contributed by atoms with Crippen molar-refractivity contribution >= 4 is 11.7 Å². The topological polar surface area (TPSA) is 79.3 Å². The highest BCUT2D eigenvalue weighted by Gasteiger charge is 2.75. The number of ketones is 1. The monoisotopic (exact) mass is 370 g/mol. The van der Waals surface area contributed by atoms with Gasteiger partial charge in [-0.2, -0.15) is 26.3 Å². The van der Waals surface area contributed by atoms with Crippen LogP contribution in [0.4, 0.5) is 26.3 Å². The molecule has 1 rings (SSSR count). The van der Waals surface area contributed by atoms with Gasteiger partial charge in [-0.3, -0.25) is 14.6 Å². The van der Waals surface area contributed by atoms with E-state index in [0.29, 0.717) is 13.8 Å². The van der Waals surface area contributed by atoms with Crippen molar-refractivity contribution in [3.63, 3.8) is 0 Å². The Morgan fingerprint density at radius 2 is 1.60 bits per heavy atom. The highest BCUT2D eigenvalue weighted by Crippen LogP contribution is 2.48. The number of allylic oxidation sites excluding steroid dienone is 1. The Bertz CT molecular complexity index is 677. The molecule has 0 radical (unpaired) electrons. The maximum Gasteiger partial charge on any atom is 0.425 e. The Morgan fingerprint density at radius 1 is 1.08 bits per heavy atom. The molecule has 138 valence electrons. The second-order valence-electron chi connectivity index (χ2n) is 4.96. The average molecular weight is 370 g/mol. The molecule has 0 aliphatic carbocycles. The van der Waals surface area contributed by atoms with Gasteiger partial charge in [-0.05, 0) is 26.0 Å². The minimum Gasteiger partial charge on any atom is -0.512 e. The Balaban J connectivity index is 3.71. The van der Waals surface area contributed by atoms with Crippen LogP contribution >= 0.6 is 0 Å². The number of aliphatic hydroxyl groups is 1. The highest BCUT2D eigenvalue weighted by atomic mass is 19.4. The molecule has 0 saturated heterocycles. The molecule has 1 aromatic rings. The Morgan fingerprint density at radius 3 is 1.92 bits per heavy atom. The van der Waals surface area contributed by atoms with Crippen LogP contribution in [0, 0.1) is 0 Å². The fourth-order valence-corrected chi connectivity index (χ4v) is 2.18. The van der Waals surface area contributed by atoms with E-state index in [9.17, 15) is 41.0 Å². The van der Waals surface area contributed by atoms with E-state index in [1.54, 1.807) is 0 Å². The normalized spacial score (nSPS) is 13.9. The van der Waals surface area contributed by atoms with E-state index < -0.39 is 46.5 Å². The van der Waals surface area contributed by atoms with Crippen molar-refractivity contribution in [3.05, 3.63) is 41.4 Å². The molecule has 1 aromatic heterocycles. The molecule has 5 nitrogen and oxygen atoms in total. The third-order valence-corrected chi connectivity index (χ3v) is 3.16. The minimum atomic E-state index is -6.17. The van der Waals surface area contributed by atoms with Gasteiger partial charge in [0.25, 0.3) is 11.4 Å². The number of halogens is 6. The third-order valence-electron chi connectivity index (χ3n) is 3.16. The van der Waals surface area contributed by atoms with Gasteiger partial charge in [0.2, 0.25) is 0 Å². The quantitative estimate of drug-likeness (QED) is 0.485. The van der Waals surface area contributed by atoms with Crippen LogP contribution in [0.25, 0.3) is 0 Å². The van der Waals surface area contributed by atoms with E-state index in [-0.39, 0.29) is 0 Å². The number of nitrogens with one attached hydrogen (secondary N) is 1. The Hall–Kier alpha value is -2.59. The molecule has 25 heavy (non-hydrogen) atoms. The largest absolute Gasteiger partial charge is 0.512 e. The van der Waals surface area contributed by atoms with Crippen molar-refractivity contribution in [3.8, 4) is 0 Å². The number of pyridine rings is 1. The standard InChI is InChI=1S/C14H12F6N2O3/c1-7(23)10(8(2)24)12(13(15,16)17,14(18,19)20)22-11(25)9-4-3-5-21-6-9/h3-6,23H,1-2H3,(H,22,25)/b10-7-. The Kier molecular flexibility index (Phi) is 5.50. The fourth-order valence-electron chi connectivity index (χ4n) is 2.18. The summed E-state index contributed by atoms with van der Waals surface area (Å²) >= 11 is 0. The van der Waals surface area contributed by atoms with E-state index in [1.807, 2.05) is 0 Å². The maximum atomic E-state index is 13.5. The molecule has 1 heterocycles. The number of nitrogens with zero attached hydrogens (tertiary/aromatic N) is 1. The number of hydrogen-bond donors (Lipinski definition) is 2. The van der Waals surface area contributed by atoms with E-state index >= 15 is 0 Å². The number of Topliss-reactive ketones (excluding diaryl/α,β-unsaturated/α-hetero) is 1. The van der Waals surface area contributed by atoms with Crippen molar-refractivity contribution in [2.45, 2.75) is 31.7 Å². The van der Waals surface area contributed by atoms with Gasteiger partial charge in [0.15, 0.2) is 5.78 Å². The lowest BCUT2D eigenvalue weighted by molar-refractivity contribution is -0.290. The van der Waals surface area contributed by atoms with Crippen LogP contribution in [0.5, 0.6) is 0 Å². The fraction of sp³-hybridized carbons (Fsp3) is 0.357. The average Bonchev–Trinajstić information content (AvgIpc) is 2.44. The van der Waals surface area contributed by atoms with Gasteiger partial charge in [-0.15, -0.1) is 0 Å². The summed E-state index contributed by atoms with van der Waals surface area (Å²) in [6.07, 6.45) is -10.5. The van der Waals surface area contributed by atoms with Crippen LogP contribution in [-0.2, 0) is 4.79 Å². The van der Waals surface area contributed by atoms with Gasteiger partial charge in [-0.1, -0.05) is 0 Å². The van der Waals surface area contributed by atoms with Gasteiger partial charge in [0.1, 0.15) is 0 Å².